The molecular weight excluding hydrogens is 207 g/mol. The maximum absolute atomic E-state index is 13.0. The Balaban J connectivity index is 2.62. The van der Waals surface area contributed by atoms with Crippen LogP contribution in [0.1, 0.15) is 25.3 Å². The van der Waals surface area contributed by atoms with E-state index in [1.54, 1.807) is 13.0 Å². The van der Waals surface area contributed by atoms with Crippen molar-refractivity contribution in [3.63, 3.8) is 0 Å². The molecule has 1 aromatic carbocycles. The number of amides is 1. The highest BCUT2D eigenvalue weighted by atomic mass is 19.1. The first-order chi connectivity index (χ1) is 7.51. The quantitative estimate of drug-likeness (QED) is 0.823. The van der Waals surface area contributed by atoms with E-state index in [2.05, 4.69) is 5.32 Å². The van der Waals surface area contributed by atoms with Crippen LogP contribution in [0.4, 0.5) is 10.1 Å². The number of carbonyl (C=O) groups excluding carboxylic acids is 1. The van der Waals surface area contributed by atoms with Crippen molar-refractivity contribution in [2.24, 2.45) is 5.73 Å². The standard InChI is InChI=1S/C12H17FN2O/c1-3-10(14)7-12(16)15-11-5-8(2)4-9(13)6-11/h4-6,10H,3,7,14H2,1-2H3,(H,15,16). The SMILES string of the molecule is CCC(N)CC(=O)Nc1cc(C)cc(F)c1. The van der Waals surface area contributed by atoms with Gasteiger partial charge in [0.1, 0.15) is 5.82 Å². The zero-order valence-electron chi connectivity index (χ0n) is 9.59. The van der Waals surface area contributed by atoms with Crippen molar-refractivity contribution in [3.8, 4) is 0 Å². The number of aryl methyl sites for hydroxylation is 1. The van der Waals surface area contributed by atoms with Crippen LogP contribution in [0.2, 0.25) is 0 Å². The van der Waals surface area contributed by atoms with E-state index in [-0.39, 0.29) is 24.2 Å². The molecule has 0 saturated heterocycles. The van der Waals surface area contributed by atoms with E-state index in [1.807, 2.05) is 6.92 Å². The van der Waals surface area contributed by atoms with Crippen molar-refractivity contribution in [3.05, 3.63) is 29.6 Å². The van der Waals surface area contributed by atoms with Crippen molar-refractivity contribution in [2.75, 3.05) is 5.32 Å². The van der Waals surface area contributed by atoms with Gasteiger partial charge in [-0.2, -0.15) is 0 Å². The van der Waals surface area contributed by atoms with Gasteiger partial charge in [-0.05, 0) is 37.1 Å². The van der Waals surface area contributed by atoms with Crippen molar-refractivity contribution in [1.29, 1.82) is 0 Å². The molecule has 1 atom stereocenters. The molecule has 88 valence electrons. The van der Waals surface area contributed by atoms with Crippen molar-refractivity contribution in [1.82, 2.24) is 0 Å². The minimum atomic E-state index is -0.352. The van der Waals surface area contributed by atoms with Crippen molar-refractivity contribution < 1.29 is 9.18 Å². The third kappa shape index (κ3) is 3.98. The molecule has 0 bridgehead atoms. The van der Waals surface area contributed by atoms with E-state index >= 15 is 0 Å². The number of hydrogen-bond donors (Lipinski definition) is 2. The predicted molar refractivity (Wildman–Crippen MR) is 62.7 cm³/mol. The fourth-order valence-electron chi connectivity index (χ4n) is 1.40. The summed E-state index contributed by atoms with van der Waals surface area (Å²) < 4.78 is 13.0. The Morgan fingerprint density at radius 2 is 2.19 bits per heavy atom. The van der Waals surface area contributed by atoms with Gasteiger partial charge in [0.25, 0.3) is 0 Å². The summed E-state index contributed by atoms with van der Waals surface area (Å²) >= 11 is 0. The zero-order valence-corrected chi connectivity index (χ0v) is 9.59. The Bertz CT molecular complexity index is 359. The second-order valence-electron chi connectivity index (χ2n) is 3.94. The fraction of sp³-hybridized carbons (Fsp3) is 0.417. The Morgan fingerprint density at radius 1 is 1.50 bits per heavy atom. The molecule has 0 fully saturated rings. The molecule has 0 heterocycles. The van der Waals surface area contributed by atoms with Crippen LogP contribution in [0.25, 0.3) is 0 Å². The smallest absolute Gasteiger partial charge is 0.225 e. The van der Waals surface area contributed by atoms with E-state index in [0.29, 0.717) is 5.69 Å². The van der Waals surface area contributed by atoms with Crippen LogP contribution in [0.15, 0.2) is 18.2 Å². The molecule has 4 heteroatoms. The van der Waals surface area contributed by atoms with Crippen molar-refractivity contribution >= 4 is 11.6 Å². The first kappa shape index (κ1) is 12.6. The molecular formula is C12H17FN2O. The van der Waals surface area contributed by atoms with Crippen LogP contribution >= 0.6 is 0 Å². The summed E-state index contributed by atoms with van der Waals surface area (Å²) in [7, 11) is 0. The first-order valence-electron chi connectivity index (χ1n) is 5.34. The average molecular weight is 224 g/mol. The number of nitrogens with one attached hydrogen (secondary N) is 1. The second kappa shape index (κ2) is 5.61. The molecule has 0 aliphatic rings. The first-order valence-corrected chi connectivity index (χ1v) is 5.34. The van der Waals surface area contributed by atoms with Gasteiger partial charge in [-0.1, -0.05) is 6.92 Å². The molecule has 1 rings (SSSR count). The molecule has 0 spiro atoms. The van der Waals surface area contributed by atoms with Gasteiger partial charge in [-0.3, -0.25) is 4.79 Å². The third-order valence-corrected chi connectivity index (χ3v) is 2.30. The van der Waals surface area contributed by atoms with E-state index in [0.717, 1.165) is 12.0 Å². The maximum atomic E-state index is 13.0. The Hall–Kier alpha value is -1.42. The summed E-state index contributed by atoms with van der Waals surface area (Å²) in [6.07, 6.45) is 1.00. The molecule has 0 aliphatic heterocycles. The molecule has 16 heavy (non-hydrogen) atoms. The number of benzene rings is 1. The summed E-state index contributed by atoms with van der Waals surface area (Å²) in [6.45, 7) is 3.70. The van der Waals surface area contributed by atoms with Gasteiger partial charge in [-0.25, -0.2) is 4.39 Å². The molecule has 0 saturated carbocycles. The van der Waals surface area contributed by atoms with Gasteiger partial charge in [0, 0.05) is 18.2 Å². The molecule has 0 aliphatic carbocycles. The van der Waals surface area contributed by atoms with Gasteiger partial charge in [0.15, 0.2) is 0 Å². The molecule has 1 aromatic rings. The summed E-state index contributed by atoms with van der Waals surface area (Å²) in [4.78, 5) is 11.5. The lowest BCUT2D eigenvalue weighted by Gasteiger charge is -2.09. The third-order valence-electron chi connectivity index (χ3n) is 2.30. The van der Waals surface area contributed by atoms with Crippen LogP contribution in [-0.2, 0) is 4.79 Å². The lowest BCUT2D eigenvalue weighted by atomic mass is 10.1. The molecule has 3 nitrogen and oxygen atoms in total. The molecule has 1 unspecified atom stereocenters. The average Bonchev–Trinajstić information content (AvgIpc) is 2.15. The van der Waals surface area contributed by atoms with Crippen LogP contribution in [0, 0.1) is 12.7 Å². The highest BCUT2D eigenvalue weighted by molar-refractivity contribution is 5.91. The van der Waals surface area contributed by atoms with Crippen LogP contribution in [0.5, 0.6) is 0 Å². The fourth-order valence-corrected chi connectivity index (χ4v) is 1.40. The summed E-state index contributed by atoms with van der Waals surface area (Å²) in [5.74, 6) is -0.533. The minimum absolute atomic E-state index is 0.144. The Labute approximate surface area is 94.8 Å². The number of rotatable bonds is 4. The summed E-state index contributed by atoms with van der Waals surface area (Å²) in [6, 6.07) is 4.28. The topological polar surface area (TPSA) is 55.1 Å². The van der Waals surface area contributed by atoms with Crippen LogP contribution in [-0.4, -0.2) is 11.9 Å². The van der Waals surface area contributed by atoms with Gasteiger partial charge in [0.05, 0.1) is 0 Å². The van der Waals surface area contributed by atoms with Crippen LogP contribution < -0.4 is 11.1 Å². The largest absolute Gasteiger partial charge is 0.327 e. The molecule has 3 N–H and O–H groups in total. The maximum Gasteiger partial charge on any atom is 0.225 e. The Kier molecular flexibility index (Phi) is 4.43. The highest BCUT2D eigenvalue weighted by Gasteiger charge is 2.08. The van der Waals surface area contributed by atoms with Crippen LogP contribution in [0.3, 0.4) is 0 Å². The van der Waals surface area contributed by atoms with Gasteiger partial charge < -0.3 is 11.1 Å². The lowest BCUT2D eigenvalue weighted by Crippen LogP contribution is -2.26. The number of nitrogens with two attached hydrogens (primary N) is 1. The van der Waals surface area contributed by atoms with Gasteiger partial charge in [0.2, 0.25) is 5.91 Å². The number of halogens is 1. The number of carbonyl (C=O) groups is 1. The zero-order chi connectivity index (χ0) is 12.1. The van der Waals surface area contributed by atoms with E-state index in [1.165, 1.54) is 12.1 Å². The molecule has 1 amide bonds. The van der Waals surface area contributed by atoms with Crippen molar-refractivity contribution in [2.45, 2.75) is 32.7 Å². The Morgan fingerprint density at radius 3 is 2.75 bits per heavy atom. The summed E-state index contributed by atoms with van der Waals surface area (Å²) in [5, 5.41) is 2.63. The van der Waals surface area contributed by atoms with Gasteiger partial charge >= 0.3 is 0 Å². The van der Waals surface area contributed by atoms with E-state index in [4.69, 9.17) is 5.73 Å². The second-order valence-corrected chi connectivity index (χ2v) is 3.94. The number of anilines is 1. The van der Waals surface area contributed by atoms with Gasteiger partial charge in [-0.15, -0.1) is 0 Å². The molecule has 0 radical (unpaired) electrons. The highest BCUT2D eigenvalue weighted by Crippen LogP contribution is 2.13. The summed E-state index contributed by atoms with van der Waals surface area (Å²) in [5.41, 5.74) is 6.90. The van der Waals surface area contributed by atoms with E-state index < -0.39 is 0 Å². The normalized spacial score (nSPS) is 12.2. The number of hydrogen-bond acceptors (Lipinski definition) is 2. The van der Waals surface area contributed by atoms with E-state index in [9.17, 15) is 9.18 Å². The monoisotopic (exact) mass is 224 g/mol. The molecule has 0 aromatic heterocycles. The minimum Gasteiger partial charge on any atom is -0.327 e. The predicted octanol–water partition coefficient (Wildman–Crippen LogP) is 2.20. The lowest BCUT2D eigenvalue weighted by molar-refractivity contribution is -0.116.